The van der Waals surface area contributed by atoms with Gasteiger partial charge in [-0.2, -0.15) is 5.10 Å². The van der Waals surface area contributed by atoms with Crippen LogP contribution in [0, 0.1) is 19.7 Å². The molecule has 11 heteroatoms. The lowest BCUT2D eigenvalue weighted by molar-refractivity contribution is 0.00419. The summed E-state index contributed by atoms with van der Waals surface area (Å²) in [7, 11) is 0. The van der Waals surface area contributed by atoms with E-state index in [1.54, 1.807) is 17.6 Å². The number of nitrogens with one attached hydrogen (secondary N) is 1. The molecular weight excluding hydrogens is 473 g/mol. The molecular formula is C24H29ClFN7O2. The number of piperidine rings is 1. The van der Waals surface area contributed by atoms with E-state index in [0.29, 0.717) is 17.5 Å². The third-order valence-corrected chi connectivity index (χ3v) is 6.40. The molecule has 0 bridgehead atoms. The molecule has 0 radical (unpaired) electrons. The maximum Gasteiger partial charge on any atom is 0.146 e. The van der Waals surface area contributed by atoms with Gasteiger partial charge in [-0.15, -0.1) is 17.5 Å². The van der Waals surface area contributed by atoms with Gasteiger partial charge in [0.05, 0.1) is 29.8 Å². The SMILES string of the molecule is Cc1cnn2cc(-c3nnn(C4CCNCC4)c3C)cc(OCC(C)(O)c3ccc(F)cn3)c12.Cl. The first-order chi connectivity index (χ1) is 16.3. The van der Waals surface area contributed by atoms with Gasteiger partial charge < -0.3 is 15.2 Å². The molecule has 4 aromatic heterocycles. The van der Waals surface area contributed by atoms with Crippen LogP contribution in [-0.2, 0) is 5.60 Å². The van der Waals surface area contributed by atoms with Crippen molar-refractivity contribution in [2.45, 2.75) is 45.3 Å². The summed E-state index contributed by atoms with van der Waals surface area (Å²) in [6.07, 6.45) is 6.80. The smallest absolute Gasteiger partial charge is 0.146 e. The maximum atomic E-state index is 13.3. The Kier molecular flexibility index (Phi) is 7.07. The van der Waals surface area contributed by atoms with Crippen LogP contribution in [0.5, 0.6) is 5.75 Å². The molecule has 35 heavy (non-hydrogen) atoms. The summed E-state index contributed by atoms with van der Waals surface area (Å²) in [5, 5.41) is 27.7. The third kappa shape index (κ3) is 4.86. The molecule has 0 saturated carbocycles. The van der Waals surface area contributed by atoms with Crippen molar-refractivity contribution in [3.63, 3.8) is 0 Å². The topological polar surface area (TPSA) is 102 Å². The second-order valence-corrected chi connectivity index (χ2v) is 9.09. The molecule has 0 aromatic carbocycles. The van der Waals surface area contributed by atoms with Crippen molar-refractivity contribution < 1.29 is 14.2 Å². The maximum absolute atomic E-state index is 13.3. The first-order valence-corrected chi connectivity index (χ1v) is 11.4. The van der Waals surface area contributed by atoms with Gasteiger partial charge in [-0.3, -0.25) is 4.98 Å². The number of fused-ring (bicyclic) bond motifs is 1. The molecule has 1 unspecified atom stereocenters. The molecule has 0 amide bonds. The normalized spacial score (nSPS) is 16.1. The average Bonchev–Trinajstić information content (AvgIpc) is 3.41. The van der Waals surface area contributed by atoms with Crippen molar-refractivity contribution in [2.75, 3.05) is 19.7 Å². The number of hydrogen-bond acceptors (Lipinski definition) is 7. The fraction of sp³-hybridized carbons (Fsp3) is 0.417. The Morgan fingerprint density at radius 3 is 2.71 bits per heavy atom. The molecule has 4 aromatic rings. The Labute approximate surface area is 208 Å². The van der Waals surface area contributed by atoms with E-state index in [1.165, 1.54) is 12.1 Å². The predicted molar refractivity (Wildman–Crippen MR) is 131 cm³/mol. The van der Waals surface area contributed by atoms with Crippen molar-refractivity contribution in [2.24, 2.45) is 0 Å². The molecule has 5 heterocycles. The monoisotopic (exact) mass is 501 g/mol. The molecule has 1 fully saturated rings. The standard InChI is InChI=1S/C24H28FN7O2.ClH/c1-15-11-28-31-13-17(22-16(2)32(30-29-22)19-6-8-26-9-7-19)10-20(23(15)31)34-14-24(3,33)21-5-4-18(25)12-27-21;/h4-5,10-13,19,26,33H,6-9,14H2,1-3H3;1H. The van der Waals surface area contributed by atoms with Crippen molar-refractivity contribution in [1.29, 1.82) is 0 Å². The zero-order chi connectivity index (χ0) is 23.9. The van der Waals surface area contributed by atoms with Crippen LogP contribution in [0.3, 0.4) is 0 Å². The molecule has 1 aliphatic heterocycles. The summed E-state index contributed by atoms with van der Waals surface area (Å²) >= 11 is 0. The molecule has 0 spiro atoms. The fourth-order valence-corrected chi connectivity index (χ4v) is 4.46. The van der Waals surface area contributed by atoms with Crippen LogP contribution in [-0.4, -0.2) is 54.4 Å². The van der Waals surface area contributed by atoms with E-state index in [0.717, 1.165) is 60.2 Å². The van der Waals surface area contributed by atoms with E-state index in [4.69, 9.17) is 4.74 Å². The fourth-order valence-electron chi connectivity index (χ4n) is 4.46. The third-order valence-electron chi connectivity index (χ3n) is 6.40. The number of pyridine rings is 2. The van der Waals surface area contributed by atoms with E-state index >= 15 is 0 Å². The van der Waals surface area contributed by atoms with Crippen molar-refractivity contribution in [3.8, 4) is 17.0 Å². The van der Waals surface area contributed by atoms with E-state index in [9.17, 15) is 9.50 Å². The van der Waals surface area contributed by atoms with Gasteiger partial charge in [0.25, 0.3) is 0 Å². The minimum absolute atomic E-state index is 0. The Morgan fingerprint density at radius 2 is 2.00 bits per heavy atom. The van der Waals surface area contributed by atoms with Gasteiger partial charge in [0.2, 0.25) is 0 Å². The van der Waals surface area contributed by atoms with Crippen LogP contribution in [0.1, 0.15) is 42.8 Å². The quantitative estimate of drug-likeness (QED) is 0.417. The van der Waals surface area contributed by atoms with Crippen LogP contribution >= 0.6 is 12.4 Å². The van der Waals surface area contributed by atoms with Gasteiger partial charge in [-0.25, -0.2) is 13.6 Å². The van der Waals surface area contributed by atoms with E-state index < -0.39 is 11.4 Å². The van der Waals surface area contributed by atoms with Crippen molar-refractivity contribution >= 4 is 17.9 Å². The molecule has 186 valence electrons. The first kappa shape index (κ1) is 25.0. The summed E-state index contributed by atoms with van der Waals surface area (Å²) in [5.41, 5.74) is 3.23. The zero-order valence-corrected chi connectivity index (χ0v) is 20.7. The summed E-state index contributed by atoms with van der Waals surface area (Å²) in [6, 6.07) is 4.96. The number of aromatic nitrogens is 6. The lowest BCUT2D eigenvalue weighted by Crippen LogP contribution is -2.30. The minimum Gasteiger partial charge on any atom is -0.488 e. The average molecular weight is 502 g/mol. The second-order valence-electron chi connectivity index (χ2n) is 9.09. The minimum atomic E-state index is -1.41. The van der Waals surface area contributed by atoms with Crippen molar-refractivity contribution in [3.05, 3.63) is 59.6 Å². The van der Waals surface area contributed by atoms with E-state index in [1.807, 2.05) is 30.8 Å². The van der Waals surface area contributed by atoms with Crippen LogP contribution in [0.4, 0.5) is 4.39 Å². The molecule has 9 nitrogen and oxygen atoms in total. The largest absolute Gasteiger partial charge is 0.488 e. The number of rotatable bonds is 6. The van der Waals surface area contributed by atoms with E-state index in [-0.39, 0.29) is 19.0 Å². The van der Waals surface area contributed by atoms with Crippen LogP contribution in [0.2, 0.25) is 0 Å². The second kappa shape index (κ2) is 9.88. The van der Waals surface area contributed by atoms with Crippen LogP contribution < -0.4 is 10.1 Å². The highest BCUT2D eigenvalue weighted by Crippen LogP contribution is 2.33. The van der Waals surface area contributed by atoms with Gasteiger partial charge in [0.15, 0.2) is 0 Å². The van der Waals surface area contributed by atoms with Crippen LogP contribution in [0.25, 0.3) is 16.8 Å². The number of hydrogen-bond donors (Lipinski definition) is 2. The van der Waals surface area contributed by atoms with Crippen molar-refractivity contribution in [1.82, 2.24) is 34.9 Å². The molecule has 1 aliphatic rings. The lowest BCUT2D eigenvalue weighted by Gasteiger charge is -2.24. The van der Waals surface area contributed by atoms with Gasteiger partial charge in [0.1, 0.15) is 35.0 Å². The molecule has 2 N–H and O–H groups in total. The molecule has 1 atom stereocenters. The van der Waals surface area contributed by atoms with Gasteiger partial charge in [-0.05, 0) is 70.5 Å². The zero-order valence-electron chi connectivity index (χ0n) is 19.9. The van der Waals surface area contributed by atoms with Gasteiger partial charge >= 0.3 is 0 Å². The summed E-state index contributed by atoms with van der Waals surface area (Å²) in [5.74, 6) is 0.100. The summed E-state index contributed by atoms with van der Waals surface area (Å²) in [6.45, 7) is 7.44. The Bertz CT molecular complexity index is 1310. The summed E-state index contributed by atoms with van der Waals surface area (Å²) in [4.78, 5) is 4.01. The first-order valence-electron chi connectivity index (χ1n) is 11.4. The Morgan fingerprint density at radius 1 is 1.23 bits per heavy atom. The highest BCUT2D eigenvalue weighted by atomic mass is 35.5. The lowest BCUT2D eigenvalue weighted by atomic mass is 10.0. The molecule has 1 saturated heterocycles. The molecule has 5 rings (SSSR count). The Balaban J connectivity index is 0.00000289. The van der Waals surface area contributed by atoms with E-state index in [2.05, 4.69) is 25.7 Å². The number of ether oxygens (including phenoxy) is 1. The van der Waals surface area contributed by atoms with Crippen LogP contribution in [0.15, 0.2) is 36.8 Å². The molecule has 0 aliphatic carbocycles. The highest BCUT2D eigenvalue weighted by molar-refractivity contribution is 5.85. The summed E-state index contributed by atoms with van der Waals surface area (Å²) < 4.78 is 23.2. The Hall–Kier alpha value is -3.08. The number of aryl methyl sites for hydroxylation is 1. The number of nitrogens with zero attached hydrogens (tertiary/aromatic N) is 6. The predicted octanol–water partition coefficient (Wildman–Crippen LogP) is 3.38. The van der Waals surface area contributed by atoms with Gasteiger partial charge in [-0.1, -0.05) is 5.21 Å². The number of halogens is 2. The highest BCUT2D eigenvalue weighted by Gasteiger charge is 2.27. The number of aliphatic hydroxyl groups is 1. The van der Waals surface area contributed by atoms with Gasteiger partial charge in [0, 0.05) is 11.8 Å².